The molecule has 0 radical (unpaired) electrons. The Morgan fingerprint density at radius 2 is 0.750 bits per heavy atom. The molecule has 0 aliphatic heterocycles. The van der Waals surface area contributed by atoms with Gasteiger partial charge >= 0.3 is 0 Å². The van der Waals surface area contributed by atoms with Crippen molar-refractivity contribution in [3.05, 3.63) is 146 Å². The van der Waals surface area contributed by atoms with Crippen LogP contribution in [-0.4, -0.2) is 19.9 Å². The summed E-state index contributed by atoms with van der Waals surface area (Å²) in [6.45, 7) is 0. The molecule has 4 heterocycles. The summed E-state index contributed by atoms with van der Waals surface area (Å²) >= 11 is 3.59. The van der Waals surface area contributed by atoms with Crippen molar-refractivity contribution in [3.63, 3.8) is 0 Å². The van der Waals surface area contributed by atoms with E-state index in [2.05, 4.69) is 121 Å². The van der Waals surface area contributed by atoms with Crippen LogP contribution in [-0.2, 0) is 0 Å². The van der Waals surface area contributed by atoms with Crippen LogP contribution in [0.1, 0.15) is 0 Å². The minimum atomic E-state index is 0.731. The van der Waals surface area contributed by atoms with Crippen LogP contribution in [0.3, 0.4) is 0 Å². The molecule has 10 rings (SSSR count). The highest BCUT2D eigenvalue weighted by molar-refractivity contribution is 7.26. The van der Waals surface area contributed by atoms with Crippen LogP contribution in [0, 0.1) is 0 Å². The van der Waals surface area contributed by atoms with E-state index in [1.807, 2.05) is 24.8 Å². The molecule has 0 saturated carbocycles. The summed E-state index contributed by atoms with van der Waals surface area (Å²) in [5, 5.41) is 7.30. The first-order chi connectivity index (χ1) is 23.8. The van der Waals surface area contributed by atoms with Crippen LogP contribution in [0.5, 0.6) is 0 Å². The summed E-state index contributed by atoms with van der Waals surface area (Å²) in [4.78, 5) is 19.6. The maximum absolute atomic E-state index is 4.91. The van der Waals surface area contributed by atoms with Gasteiger partial charge in [-0.3, -0.25) is 0 Å². The predicted octanol–water partition coefficient (Wildman–Crippen LogP) is 11.8. The first-order valence-corrected chi connectivity index (χ1v) is 17.4. The summed E-state index contributed by atoms with van der Waals surface area (Å²) in [6.07, 6.45) is 7.80. The number of hydrogen-bond donors (Lipinski definition) is 0. The lowest BCUT2D eigenvalue weighted by Crippen LogP contribution is -1.93. The first kappa shape index (κ1) is 27.3. The Morgan fingerprint density at radius 3 is 1.23 bits per heavy atom. The van der Waals surface area contributed by atoms with Gasteiger partial charge in [-0.15, -0.1) is 22.7 Å². The SMILES string of the molecule is c1cc(-c2cnc(-c3cccc4c3sc3ccccc34)nc2)c2c(-c3cnc(-c4cccc5c4sc4ccccc45)nc3)cccc2c1. The van der Waals surface area contributed by atoms with Gasteiger partial charge in [-0.05, 0) is 46.2 Å². The molecule has 224 valence electrons. The highest BCUT2D eigenvalue weighted by Gasteiger charge is 2.16. The van der Waals surface area contributed by atoms with Crippen LogP contribution >= 0.6 is 22.7 Å². The van der Waals surface area contributed by atoms with Crippen molar-refractivity contribution in [1.29, 1.82) is 0 Å². The molecule has 4 aromatic heterocycles. The van der Waals surface area contributed by atoms with E-state index >= 15 is 0 Å². The second kappa shape index (κ2) is 10.9. The number of aromatic nitrogens is 4. The number of fused-ring (bicyclic) bond motifs is 7. The topological polar surface area (TPSA) is 51.6 Å². The normalized spacial score (nSPS) is 11.8. The fourth-order valence-electron chi connectivity index (χ4n) is 6.88. The number of rotatable bonds is 4. The smallest absolute Gasteiger partial charge is 0.160 e. The van der Waals surface area contributed by atoms with Gasteiger partial charge in [0.1, 0.15) is 0 Å². The first-order valence-electron chi connectivity index (χ1n) is 15.8. The van der Waals surface area contributed by atoms with Gasteiger partial charge in [-0.1, -0.05) is 97.1 Å². The molecule has 0 aliphatic carbocycles. The van der Waals surface area contributed by atoms with E-state index in [1.165, 1.54) is 40.3 Å². The predicted molar refractivity (Wildman–Crippen MR) is 203 cm³/mol. The highest BCUT2D eigenvalue weighted by atomic mass is 32.1. The third-order valence-corrected chi connectivity index (χ3v) is 11.6. The van der Waals surface area contributed by atoms with Crippen LogP contribution in [0.4, 0.5) is 0 Å². The van der Waals surface area contributed by atoms with Crippen LogP contribution < -0.4 is 0 Å². The largest absolute Gasteiger partial charge is 0.236 e. The second-order valence-electron chi connectivity index (χ2n) is 11.9. The molecular weight excluding hydrogens is 625 g/mol. The molecule has 0 N–H and O–H groups in total. The lowest BCUT2D eigenvalue weighted by Gasteiger charge is -2.13. The van der Waals surface area contributed by atoms with Gasteiger partial charge in [0.05, 0.1) is 0 Å². The van der Waals surface area contributed by atoms with Crippen LogP contribution in [0.2, 0.25) is 0 Å². The molecule has 48 heavy (non-hydrogen) atoms. The summed E-state index contributed by atoms with van der Waals surface area (Å²) < 4.78 is 4.97. The summed E-state index contributed by atoms with van der Waals surface area (Å²) in [7, 11) is 0. The number of hydrogen-bond acceptors (Lipinski definition) is 6. The minimum Gasteiger partial charge on any atom is -0.236 e. The molecule has 10 aromatic rings. The van der Waals surface area contributed by atoms with Crippen molar-refractivity contribution in [2.75, 3.05) is 0 Å². The van der Waals surface area contributed by atoms with Crippen LogP contribution in [0.15, 0.2) is 146 Å². The average molecular weight is 649 g/mol. The van der Waals surface area contributed by atoms with E-state index in [0.29, 0.717) is 0 Å². The molecule has 6 aromatic carbocycles. The third-order valence-electron chi connectivity index (χ3n) is 9.12. The number of nitrogens with zero attached hydrogens (tertiary/aromatic N) is 4. The zero-order chi connectivity index (χ0) is 31.6. The van der Waals surface area contributed by atoms with E-state index < -0.39 is 0 Å². The molecule has 0 amide bonds. The van der Waals surface area contributed by atoms with E-state index in [9.17, 15) is 0 Å². The zero-order valence-corrected chi connectivity index (χ0v) is 27.1. The lowest BCUT2D eigenvalue weighted by molar-refractivity contribution is 1.18. The maximum Gasteiger partial charge on any atom is 0.160 e. The van der Waals surface area contributed by atoms with E-state index in [1.54, 1.807) is 22.7 Å². The Balaban J connectivity index is 1.05. The molecule has 0 unspecified atom stereocenters. The Hall–Kier alpha value is -5.82. The summed E-state index contributed by atoms with van der Waals surface area (Å²) in [6, 6.07) is 42.7. The van der Waals surface area contributed by atoms with Gasteiger partial charge < -0.3 is 0 Å². The highest BCUT2D eigenvalue weighted by Crippen LogP contribution is 2.41. The van der Waals surface area contributed by atoms with Gasteiger partial charge in [0.25, 0.3) is 0 Å². The van der Waals surface area contributed by atoms with Crippen molar-refractivity contribution in [3.8, 4) is 45.0 Å². The van der Waals surface area contributed by atoms with Crippen molar-refractivity contribution in [2.24, 2.45) is 0 Å². The van der Waals surface area contributed by atoms with Crippen molar-refractivity contribution >= 4 is 73.8 Å². The van der Waals surface area contributed by atoms with Crippen molar-refractivity contribution < 1.29 is 0 Å². The Kier molecular flexibility index (Phi) is 6.19. The van der Waals surface area contributed by atoms with Gasteiger partial charge in [0.2, 0.25) is 0 Å². The molecule has 0 aliphatic rings. The lowest BCUT2D eigenvalue weighted by atomic mass is 9.93. The Morgan fingerprint density at radius 1 is 0.354 bits per heavy atom. The fourth-order valence-corrected chi connectivity index (χ4v) is 9.30. The molecular formula is C42H24N4S2. The van der Waals surface area contributed by atoms with E-state index in [-0.39, 0.29) is 0 Å². The molecule has 6 heteroatoms. The molecule has 0 fully saturated rings. The fraction of sp³-hybridized carbons (Fsp3) is 0. The van der Waals surface area contributed by atoms with Gasteiger partial charge in [0, 0.05) is 87.4 Å². The quantitative estimate of drug-likeness (QED) is 0.191. The second-order valence-corrected chi connectivity index (χ2v) is 14.0. The average Bonchev–Trinajstić information content (AvgIpc) is 3.73. The molecule has 4 nitrogen and oxygen atoms in total. The maximum atomic E-state index is 4.91. The van der Waals surface area contributed by atoms with E-state index in [0.717, 1.165) is 55.8 Å². The Labute approximate surface area is 283 Å². The van der Waals surface area contributed by atoms with Crippen molar-refractivity contribution in [2.45, 2.75) is 0 Å². The Bertz CT molecular complexity index is 2640. The van der Waals surface area contributed by atoms with Crippen molar-refractivity contribution in [1.82, 2.24) is 19.9 Å². The number of benzene rings is 6. The van der Waals surface area contributed by atoms with Gasteiger partial charge in [0.15, 0.2) is 11.6 Å². The van der Waals surface area contributed by atoms with Gasteiger partial charge in [-0.25, -0.2) is 19.9 Å². The zero-order valence-electron chi connectivity index (χ0n) is 25.5. The van der Waals surface area contributed by atoms with Crippen LogP contribution in [0.25, 0.3) is 96.1 Å². The van der Waals surface area contributed by atoms with E-state index in [4.69, 9.17) is 19.9 Å². The molecule has 0 atom stereocenters. The third kappa shape index (κ3) is 4.27. The summed E-state index contributed by atoms with van der Waals surface area (Å²) in [5.41, 5.74) is 6.20. The summed E-state index contributed by atoms with van der Waals surface area (Å²) in [5.74, 6) is 1.46. The van der Waals surface area contributed by atoms with Gasteiger partial charge in [-0.2, -0.15) is 0 Å². The minimum absolute atomic E-state index is 0.731. The molecule has 0 saturated heterocycles. The standard InChI is InChI=1S/C42H24N4S2/c1-3-19-36-30(11-1)32-15-7-17-34(39(32)47-36)41-43-21-26(22-44-41)28-13-5-9-25-10-6-14-29(38(25)28)27-23-45-42(46-24-27)35-18-8-16-33-31-12-2-4-20-37(31)48-40(33)35/h1-24H. The monoisotopic (exact) mass is 648 g/mol. The molecule has 0 bridgehead atoms. The molecule has 0 spiro atoms. The number of thiophene rings is 2.